The van der Waals surface area contributed by atoms with Crippen LogP contribution in [-0.2, 0) is 13.0 Å². The van der Waals surface area contributed by atoms with Crippen LogP contribution in [-0.4, -0.2) is 19.8 Å². The lowest BCUT2D eigenvalue weighted by atomic mass is 10.1. The van der Waals surface area contributed by atoms with Gasteiger partial charge in [-0.1, -0.05) is 35.9 Å². The fourth-order valence-electron chi connectivity index (χ4n) is 2.37. The molecule has 1 N–H and O–H groups in total. The molecule has 0 bridgehead atoms. The van der Waals surface area contributed by atoms with Gasteiger partial charge in [0.15, 0.2) is 0 Å². The van der Waals surface area contributed by atoms with Crippen molar-refractivity contribution < 1.29 is 9.47 Å². The molecule has 3 nitrogen and oxygen atoms in total. The summed E-state index contributed by atoms with van der Waals surface area (Å²) in [7, 11) is 1.70. The van der Waals surface area contributed by atoms with Crippen LogP contribution in [0, 0.1) is 0 Å². The average molecular weight is 334 g/mol. The minimum absolute atomic E-state index is 0.123. The van der Waals surface area contributed by atoms with Crippen molar-refractivity contribution in [2.24, 2.45) is 0 Å². The van der Waals surface area contributed by atoms with Crippen molar-refractivity contribution in [1.29, 1.82) is 0 Å². The van der Waals surface area contributed by atoms with E-state index in [-0.39, 0.29) is 6.10 Å². The summed E-state index contributed by atoms with van der Waals surface area (Å²) in [5, 5.41) is 4.09. The standard InChI is InChI=1S/C19H24ClNO2/c1-14(2)23-19-9-8-15(12-17(19)20)13-21-11-10-16-6-4-5-7-18(16)22-3/h4-9,12,14,21H,10-11,13H2,1-3H3. The van der Waals surface area contributed by atoms with Gasteiger partial charge >= 0.3 is 0 Å². The largest absolute Gasteiger partial charge is 0.496 e. The van der Waals surface area contributed by atoms with Crippen molar-refractivity contribution in [2.45, 2.75) is 32.9 Å². The van der Waals surface area contributed by atoms with Crippen molar-refractivity contribution in [3.63, 3.8) is 0 Å². The summed E-state index contributed by atoms with van der Waals surface area (Å²) in [4.78, 5) is 0. The molecule has 0 aliphatic heterocycles. The molecule has 4 heteroatoms. The highest BCUT2D eigenvalue weighted by molar-refractivity contribution is 6.32. The molecule has 0 atom stereocenters. The molecule has 0 aromatic heterocycles. The molecule has 0 aliphatic rings. The van der Waals surface area contributed by atoms with E-state index in [9.17, 15) is 0 Å². The quantitative estimate of drug-likeness (QED) is 0.723. The van der Waals surface area contributed by atoms with Gasteiger partial charge in [0, 0.05) is 6.54 Å². The van der Waals surface area contributed by atoms with E-state index in [1.807, 2.05) is 50.2 Å². The molecule has 0 saturated heterocycles. The van der Waals surface area contributed by atoms with Gasteiger partial charge < -0.3 is 14.8 Å². The number of halogens is 1. The number of hydrogen-bond acceptors (Lipinski definition) is 3. The minimum Gasteiger partial charge on any atom is -0.496 e. The Hall–Kier alpha value is -1.71. The number of para-hydroxylation sites is 1. The first-order valence-corrected chi connectivity index (χ1v) is 8.25. The van der Waals surface area contributed by atoms with Gasteiger partial charge in [0.2, 0.25) is 0 Å². The Morgan fingerprint density at radius 2 is 1.87 bits per heavy atom. The van der Waals surface area contributed by atoms with Gasteiger partial charge in [-0.2, -0.15) is 0 Å². The monoisotopic (exact) mass is 333 g/mol. The third-order valence-corrected chi connectivity index (χ3v) is 3.75. The van der Waals surface area contributed by atoms with E-state index in [0.29, 0.717) is 5.02 Å². The minimum atomic E-state index is 0.123. The van der Waals surface area contributed by atoms with E-state index in [2.05, 4.69) is 11.4 Å². The average Bonchev–Trinajstić information content (AvgIpc) is 2.54. The summed E-state index contributed by atoms with van der Waals surface area (Å²) in [5.74, 6) is 1.67. The molecule has 2 rings (SSSR count). The number of nitrogens with one attached hydrogen (secondary N) is 1. The maximum atomic E-state index is 6.25. The highest BCUT2D eigenvalue weighted by Crippen LogP contribution is 2.26. The first kappa shape index (κ1) is 17.6. The van der Waals surface area contributed by atoms with Crippen molar-refractivity contribution in [1.82, 2.24) is 5.32 Å². The van der Waals surface area contributed by atoms with Gasteiger partial charge in [-0.05, 0) is 56.1 Å². The Kier molecular flexibility index (Phi) is 6.75. The van der Waals surface area contributed by atoms with Crippen molar-refractivity contribution in [2.75, 3.05) is 13.7 Å². The van der Waals surface area contributed by atoms with Crippen LogP contribution in [0.5, 0.6) is 11.5 Å². The molecular formula is C19H24ClNO2. The van der Waals surface area contributed by atoms with Crippen molar-refractivity contribution in [3.8, 4) is 11.5 Å². The van der Waals surface area contributed by atoms with E-state index < -0.39 is 0 Å². The zero-order valence-corrected chi connectivity index (χ0v) is 14.7. The summed E-state index contributed by atoms with van der Waals surface area (Å²) in [5.41, 5.74) is 2.35. The topological polar surface area (TPSA) is 30.5 Å². The van der Waals surface area contributed by atoms with Gasteiger partial charge in [0.25, 0.3) is 0 Å². The number of rotatable bonds is 8. The van der Waals surface area contributed by atoms with Crippen LogP contribution in [0.1, 0.15) is 25.0 Å². The van der Waals surface area contributed by atoms with E-state index >= 15 is 0 Å². The number of hydrogen-bond donors (Lipinski definition) is 1. The van der Waals surface area contributed by atoms with E-state index in [1.165, 1.54) is 5.56 Å². The Bertz CT molecular complexity index is 629. The lowest BCUT2D eigenvalue weighted by Crippen LogP contribution is -2.17. The fourth-order valence-corrected chi connectivity index (χ4v) is 2.62. The lowest BCUT2D eigenvalue weighted by Gasteiger charge is -2.13. The van der Waals surface area contributed by atoms with Crippen molar-refractivity contribution >= 4 is 11.6 Å². The maximum absolute atomic E-state index is 6.25. The first-order valence-electron chi connectivity index (χ1n) is 7.88. The second-order valence-electron chi connectivity index (χ2n) is 5.67. The Morgan fingerprint density at radius 1 is 1.09 bits per heavy atom. The Labute approximate surface area is 143 Å². The number of methoxy groups -OCH3 is 1. The fraction of sp³-hybridized carbons (Fsp3) is 0.368. The Morgan fingerprint density at radius 3 is 2.57 bits per heavy atom. The zero-order valence-electron chi connectivity index (χ0n) is 13.9. The maximum Gasteiger partial charge on any atom is 0.138 e. The molecule has 23 heavy (non-hydrogen) atoms. The molecule has 0 heterocycles. The smallest absolute Gasteiger partial charge is 0.138 e. The summed E-state index contributed by atoms with van der Waals surface area (Å²) >= 11 is 6.25. The molecule has 0 unspecified atom stereocenters. The van der Waals surface area contributed by atoms with Gasteiger partial charge in [0.05, 0.1) is 18.2 Å². The summed E-state index contributed by atoms with van der Waals surface area (Å²) < 4.78 is 11.0. The predicted octanol–water partition coefficient (Wildman–Crippen LogP) is 4.47. The van der Waals surface area contributed by atoms with E-state index in [1.54, 1.807) is 7.11 Å². The van der Waals surface area contributed by atoms with Crippen LogP contribution in [0.2, 0.25) is 5.02 Å². The second-order valence-corrected chi connectivity index (χ2v) is 6.08. The second kappa shape index (κ2) is 8.80. The predicted molar refractivity (Wildman–Crippen MR) is 95.6 cm³/mol. The molecule has 0 radical (unpaired) electrons. The molecule has 124 valence electrons. The van der Waals surface area contributed by atoms with Gasteiger partial charge in [0.1, 0.15) is 11.5 Å². The van der Waals surface area contributed by atoms with E-state index in [4.69, 9.17) is 21.1 Å². The highest BCUT2D eigenvalue weighted by Gasteiger charge is 2.05. The van der Waals surface area contributed by atoms with E-state index in [0.717, 1.165) is 36.6 Å². The van der Waals surface area contributed by atoms with Crippen LogP contribution in [0.4, 0.5) is 0 Å². The van der Waals surface area contributed by atoms with Crippen LogP contribution < -0.4 is 14.8 Å². The molecule has 0 aliphatic carbocycles. The first-order chi connectivity index (χ1) is 11.1. The third-order valence-electron chi connectivity index (χ3n) is 3.45. The Balaban J connectivity index is 1.83. The van der Waals surface area contributed by atoms with Crippen LogP contribution in [0.3, 0.4) is 0 Å². The molecule has 0 spiro atoms. The molecule has 2 aromatic rings. The van der Waals surface area contributed by atoms with Crippen molar-refractivity contribution in [3.05, 3.63) is 58.6 Å². The SMILES string of the molecule is COc1ccccc1CCNCc1ccc(OC(C)C)c(Cl)c1. The molecule has 2 aromatic carbocycles. The lowest BCUT2D eigenvalue weighted by molar-refractivity contribution is 0.242. The van der Waals surface area contributed by atoms with Gasteiger partial charge in [-0.15, -0.1) is 0 Å². The molecular weight excluding hydrogens is 310 g/mol. The normalized spacial score (nSPS) is 10.8. The van der Waals surface area contributed by atoms with Gasteiger partial charge in [-0.3, -0.25) is 0 Å². The van der Waals surface area contributed by atoms with Gasteiger partial charge in [-0.25, -0.2) is 0 Å². The number of ether oxygens (including phenoxy) is 2. The number of benzene rings is 2. The van der Waals surface area contributed by atoms with Crippen LogP contribution in [0.15, 0.2) is 42.5 Å². The summed E-state index contributed by atoms with van der Waals surface area (Å²) in [6.07, 6.45) is 1.05. The van der Waals surface area contributed by atoms with Crippen LogP contribution >= 0.6 is 11.6 Å². The highest BCUT2D eigenvalue weighted by atomic mass is 35.5. The summed E-state index contributed by atoms with van der Waals surface area (Å²) in [6.45, 7) is 5.63. The zero-order chi connectivity index (χ0) is 16.7. The van der Waals surface area contributed by atoms with Crippen LogP contribution in [0.25, 0.3) is 0 Å². The third kappa shape index (κ3) is 5.45. The summed E-state index contributed by atoms with van der Waals surface area (Å²) in [6, 6.07) is 14.0. The molecule has 0 amide bonds. The molecule has 0 saturated carbocycles. The molecule has 0 fully saturated rings.